The molecule has 30 heavy (non-hydrogen) atoms. The second kappa shape index (κ2) is 9.77. The lowest BCUT2D eigenvalue weighted by atomic mass is 9.97. The molecule has 0 aliphatic carbocycles. The number of ether oxygens (including phenoxy) is 2. The van der Waals surface area contributed by atoms with Gasteiger partial charge in [0.15, 0.2) is 12.1 Å². The van der Waals surface area contributed by atoms with Crippen LogP contribution in [0.1, 0.15) is 23.8 Å². The van der Waals surface area contributed by atoms with E-state index in [1.54, 1.807) is 37.7 Å². The highest BCUT2D eigenvalue weighted by Crippen LogP contribution is 2.35. The number of methoxy groups -OCH3 is 2. The molecule has 1 fully saturated rings. The molecule has 9 heteroatoms. The largest absolute Gasteiger partial charge is 0.355 e. The van der Waals surface area contributed by atoms with Gasteiger partial charge in [0.05, 0.1) is 15.1 Å². The van der Waals surface area contributed by atoms with Crippen LogP contribution < -0.4 is 0 Å². The summed E-state index contributed by atoms with van der Waals surface area (Å²) < 4.78 is 16.2. The molecule has 0 spiro atoms. The highest BCUT2D eigenvalue weighted by molar-refractivity contribution is 7.10. The van der Waals surface area contributed by atoms with Crippen LogP contribution in [0.15, 0.2) is 34.2 Å². The van der Waals surface area contributed by atoms with Crippen molar-refractivity contribution in [1.82, 2.24) is 15.0 Å². The van der Waals surface area contributed by atoms with E-state index in [1.807, 2.05) is 17.5 Å². The molecule has 6 nitrogen and oxygen atoms in total. The Hall–Kier alpha value is -1.48. The minimum atomic E-state index is -0.177. The summed E-state index contributed by atoms with van der Waals surface area (Å²) in [7, 11) is 3.35. The Bertz CT molecular complexity index is 982. The number of aromatic nitrogens is 2. The van der Waals surface area contributed by atoms with Crippen molar-refractivity contribution in [3.05, 3.63) is 44.7 Å². The minimum absolute atomic E-state index is 0.177. The van der Waals surface area contributed by atoms with E-state index in [4.69, 9.17) is 42.2 Å². The summed E-state index contributed by atoms with van der Waals surface area (Å²) in [5.74, 6) is 1.11. The summed E-state index contributed by atoms with van der Waals surface area (Å²) in [6.07, 6.45) is 1.96. The molecule has 0 saturated carbocycles. The van der Waals surface area contributed by atoms with Crippen molar-refractivity contribution in [2.24, 2.45) is 0 Å². The fraction of sp³-hybridized carbons (Fsp3) is 0.429. The SMILES string of the molecule is COC(CN1CCC(c2nc(-c3cc(-c4ccc(Cl)c(Cl)c4)no3)cs2)CC1)OC. The summed E-state index contributed by atoms with van der Waals surface area (Å²) in [5, 5.41) is 8.35. The lowest BCUT2D eigenvalue weighted by Gasteiger charge is -2.32. The number of rotatable bonds is 7. The Labute approximate surface area is 189 Å². The Morgan fingerprint density at radius 3 is 2.60 bits per heavy atom. The van der Waals surface area contributed by atoms with Gasteiger partial charge in [-0.25, -0.2) is 4.98 Å². The molecular weight excluding hydrogens is 445 g/mol. The second-order valence-electron chi connectivity index (χ2n) is 7.25. The third kappa shape index (κ3) is 4.88. The van der Waals surface area contributed by atoms with Gasteiger partial charge in [0, 0.05) is 43.7 Å². The van der Waals surface area contributed by atoms with Crippen molar-refractivity contribution in [2.75, 3.05) is 33.9 Å². The van der Waals surface area contributed by atoms with Gasteiger partial charge in [-0.2, -0.15) is 0 Å². The normalized spacial score (nSPS) is 15.9. The third-order valence-electron chi connectivity index (χ3n) is 5.37. The van der Waals surface area contributed by atoms with Gasteiger partial charge in [-0.15, -0.1) is 11.3 Å². The van der Waals surface area contributed by atoms with Gasteiger partial charge in [-0.3, -0.25) is 4.90 Å². The van der Waals surface area contributed by atoms with E-state index in [0.717, 1.165) is 48.7 Å². The van der Waals surface area contributed by atoms with E-state index in [1.165, 1.54) is 0 Å². The zero-order chi connectivity index (χ0) is 21.1. The monoisotopic (exact) mass is 467 g/mol. The van der Waals surface area contributed by atoms with Crippen molar-refractivity contribution in [3.8, 4) is 22.7 Å². The number of benzene rings is 1. The van der Waals surface area contributed by atoms with E-state index in [0.29, 0.717) is 27.4 Å². The van der Waals surface area contributed by atoms with Gasteiger partial charge >= 0.3 is 0 Å². The maximum Gasteiger partial charge on any atom is 0.186 e. The Morgan fingerprint density at radius 2 is 1.90 bits per heavy atom. The van der Waals surface area contributed by atoms with Gasteiger partial charge in [0.2, 0.25) is 0 Å². The van der Waals surface area contributed by atoms with Crippen molar-refractivity contribution >= 4 is 34.5 Å². The molecule has 0 unspecified atom stereocenters. The minimum Gasteiger partial charge on any atom is -0.355 e. The number of nitrogens with zero attached hydrogens (tertiary/aromatic N) is 3. The quantitative estimate of drug-likeness (QED) is 0.423. The van der Waals surface area contributed by atoms with E-state index < -0.39 is 0 Å². The molecule has 1 aliphatic heterocycles. The van der Waals surface area contributed by atoms with Crippen LogP contribution in [0.2, 0.25) is 10.0 Å². The first-order chi connectivity index (χ1) is 14.6. The molecule has 3 aromatic rings. The summed E-state index contributed by atoms with van der Waals surface area (Å²) in [5.41, 5.74) is 2.37. The van der Waals surface area contributed by atoms with Crippen LogP contribution in [-0.4, -0.2) is 55.2 Å². The number of hydrogen-bond donors (Lipinski definition) is 0. The van der Waals surface area contributed by atoms with Crippen LogP contribution in [0.25, 0.3) is 22.7 Å². The maximum absolute atomic E-state index is 6.11. The van der Waals surface area contributed by atoms with Gasteiger partial charge < -0.3 is 14.0 Å². The highest BCUT2D eigenvalue weighted by atomic mass is 35.5. The van der Waals surface area contributed by atoms with Crippen molar-refractivity contribution in [1.29, 1.82) is 0 Å². The molecule has 1 saturated heterocycles. The summed E-state index contributed by atoms with van der Waals surface area (Å²) >= 11 is 13.8. The molecule has 4 rings (SSSR count). The first-order valence-electron chi connectivity index (χ1n) is 9.73. The molecule has 160 valence electrons. The molecule has 0 radical (unpaired) electrons. The number of likely N-dealkylation sites (tertiary alicyclic amines) is 1. The predicted octanol–water partition coefficient (Wildman–Crippen LogP) is 5.57. The van der Waals surface area contributed by atoms with E-state index in [-0.39, 0.29) is 6.29 Å². The lowest BCUT2D eigenvalue weighted by molar-refractivity contribution is -0.118. The fourth-order valence-corrected chi connectivity index (χ4v) is 4.87. The molecule has 3 heterocycles. The van der Waals surface area contributed by atoms with Crippen molar-refractivity contribution in [3.63, 3.8) is 0 Å². The number of thiazole rings is 1. The molecule has 1 aliphatic rings. The zero-order valence-corrected chi connectivity index (χ0v) is 19.1. The van der Waals surface area contributed by atoms with E-state index in [9.17, 15) is 0 Å². The standard InChI is InChI=1S/C21H23Cl2N3O3S/c1-27-20(28-2)11-26-7-5-13(6-8-26)21-24-18(12-30-21)19-10-17(25-29-19)14-3-4-15(22)16(23)9-14/h3-4,9-10,12-13,20H,5-8,11H2,1-2H3. The number of halogens is 2. The lowest BCUT2D eigenvalue weighted by Crippen LogP contribution is -2.39. The van der Waals surface area contributed by atoms with Gasteiger partial charge in [-0.1, -0.05) is 34.4 Å². The van der Waals surface area contributed by atoms with Crippen LogP contribution in [0.4, 0.5) is 0 Å². The molecule has 0 atom stereocenters. The van der Waals surface area contributed by atoms with Crippen LogP contribution in [0.3, 0.4) is 0 Å². The topological polar surface area (TPSA) is 60.6 Å². The Morgan fingerprint density at radius 1 is 1.13 bits per heavy atom. The van der Waals surface area contributed by atoms with Crippen LogP contribution >= 0.6 is 34.5 Å². The first kappa shape index (κ1) is 21.7. The molecule has 2 aromatic heterocycles. The molecule has 0 amide bonds. The van der Waals surface area contributed by atoms with Gasteiger partial charge in [-0.05, 0) is 38.1 Å². The number of piperidine rings is 1. The number of hydrogen-bond acceptors (Lipinski definition) is 7. The molecular formula is C21H23Cl2N3O3S. The average Bonchev–Trinajstić information content (AvgIpc) is 3.44. The van der Waals surface area contributed by atoms with Gasteiger partial charge in [0.1, 0.15) is 11.4 Å². The fourth-order valence-electron chi connectivity index (χ4n) is 3.59. The third-order valence-corrected chi connectivity index (χ3v) is 7.12. The average molecular weight is 468 g/mol. The maximum atomic E-state index is 6.11. The summed E-state index contributed by atoms with van der Waals surface area (Å²) in [6.45, 7) is 2.80. The first-order valence-corrected chi connectivity index (χ1v) is 11.4. The molecule has 1 aromatic carbocycles. The van der Waals surface area contributed by atoms with Gasteiger partial charge in [0.25, 0.3) is 0 Å². The Kier molecular flexibility index (Phi) is 7.08. The van der Waals surface area contributed by atoms with Crippen LogP contribution in [0.5, 0.6) is 0 Å². The summed E-state index contributed by atoms with van der Waals surface area (Å²) in [4.78, 5) is 7.21. The molecule has 0 N–H and O–H groups in total. The highest BCUT2D eigenvalue weighted by Gasteiger charge is 2.25. The van der Waals surface area contributed by atoms with Crippen LogP contribution in [0, 0.1) is 0 Å². The van der Waals surface area contributed by atoms with E-state index >= 15 is 0 Å². The zero-order valence-electron chi connectivity index (χ0n) is 16.8. The predicted molar refractivity (Wildman–Crippen MR) is 119 cm³/mol. The molecule has 0 bridgehead atoms. The van der Waals surface area contributed by atoms with Crippen molar-refractivity contribution < 1.29 is 14.0 Å². The van der Waals surface area contributed by atoms with Crippen LogP contribution in [-0.2, 0) is 9.47 Å². The van der Waals surface area contributed by atoms with Crippen molar-refractivity contribution in [2.45, 2.75) is 25.0 Å². The summed E-state index contributed by atoms with van der Waals surface area (Å²) in [6, 6.07) is 7.29. The van der Waals surface area contributed by atoms with E-state index in [2.05, 4.69) is 10.1 Å². The smallest absolute Gasteiger partial charge is 0.186 e. The second-order valence-corrected chi connectivity index (χ2v) is 8.96. The Balaban J connectivity index is 1.40.